The van der Waals surface area contributed by atoms with E-state index in [9.17, 15) is 37.1 Å². The molecule has 0 unspecified atom stereocenters. The number of nitrogens with one attached hydrogen (secondary N) is 1. The molecule has 0 aliphatic carbocycles. The van der Waals surface area contributed by atoms with Gasteiger partial charge in [0.1, 0.15) is 23.1 Å². The number of ether oxygens (including phenoxy) is 2. The molecular weight excluding hydrogens is 877 g/mol. The van der Waals surface area contributed by atoms with E-state index in [-0.39, 0.29) is 54.2 Å². The second-order valence-corrected chi connectivity index (χ2v) is 15.7. The third kappa shape index (κ3) is 14.0. The van der Waals surface area contributed by atoms with Crippen molar-refractivity contribution in [3.05, 3.63) is 119 Å². The monoisotopic (exact) mass is 934 g/mol. The van der Waals surface area contributed by atoms with Crippen molar-refractivity contribution < 1.29 is 51.0 Å². The Kier molecular flexibility index (Phi) is 19.0. The van der Waals surface area contributed by atoms with Crippen molar-refractivity contribution in [3.8, 4) is 11.5 Å². The topological polar surface area (TPSA) is 161 Å². The number of ketones is 2. The Morgan fingerprint density at radius 2 is 1.04 bits per heavy atom. The molecule has 5 amide bonds. The van der Waals surface area contributed by atoms with Gasteiger partial charge in [-0.25, -0.2) is 18.4 Å². The number of benzene rings is 4. The van der Waals surface area contributed by atoms with Gasteiger partial charge in [0.25, 0.3) is 5.91 Å². The summed E-state index contributed by atoms with van der Waals surface area (Å²) in [6.45, 7) is 10.4. The van der Waals surface area contributed by atoms with Crippen LogP contribution in [-0.4, -0.2) is 148 Å². The van der Waals surface area contributed by atoms with Crippen LogP contribution >= 0.6 is 0 Å². The average Bonchev–Trinajstić information content (AvgIpc) is 3.36. The number of amides is 5. The summed E-state index contributed by atoms with van der Waals surface area (Å²) in [6, 6.07) is 21.5. The Morgan fingerprint density at radius 1 is 0.627 bits per heavy atom. The molecule has 0 bridgehead atoms. The van der Waals surface area contributed by atoms with Crippen LogP contribution in [0.1, 0.15) is 45.7 Å². The molecule has 0 aromatic heterocycles. The molecule has 6 rings (SSSR count). The lowest BCUT2D eigenvalue weighted by atomic mass is 10.1. The zero-order valence-electron chi connectivity index (χ0n) is 38.2. The maximum absolute atomic E-state index is 15.0. The number of urea groups is 2. The summed E-state index contributed by atoms with van der Waals surface area (Å²) in [5.74, 6) is -2.77. The summed E-state index contributed by atoms with van der Waals surface area (Å²) in [5.41, 5.74) is 7.12. The summed E-state index contributed by atoms with van der Waals surface area (Å²) in [5, 5.41) is 1.80. The first-order chi connectivity index (χ1) is 32.2. The largest absolute Gasteiger partial charge is 0.497 e. The lowest BCUT2D eigenvalue weighted by Gasteiger charge is -2.37. The molecule has 4 aromatic rings. The molecule has 2 aliphatic heterocycles. The molecule has 2 heterocycles. The molecule has 0 saturated carbocycles. The minimum absolute atomic E-state index is 0.0307. The van der Waals surface area contributed by atoms with Crippen molar-refractivity contribution in [1.82, 2.24) is 24.9 Å². The quantitative estimate of drug-likeness (QED) is 0.102. The number of carbonyl (C=O) groups excluding carboxylic acids is 5. The van der Waals surface area contributed by atoms with Crippen LogP contribution in [0.4, 0.5) is 38.5 Å². The van der Waals surface area contributed by atoms with Gasteiger partial charge >= 0.3 is 18.5 Å². The molecule has 3 N–H and O–H groups in total. The maximum Gasteiger partial charge on any atom is 0.324 e. The van der Waals surface area contributed by atoms with E-state index in [1.807, 2.05) is 0 Å². The number of piperazine rings is 2. The van der Waals surface area contributed by atoms with Crippen LogP contribution in [0, 0.1) is 11.6 Å². The Labute approximate surface area is 388 Å². The van der Waals surface area contributed by atoms with Crippen molar-refractivity contribution in [2.75, 3.05) is 103 Å². The molecule has 4 aromatic carbocycles. The van der Waals surface area contributed by atoms with Crippen molar-refractivity contribution in [3.63, 3.8) is 0 Å². The first kappa shape index (κ1) is 51.4. The Morgan fingerprint density at radius 3 is 1.40 bits per heavy atom. The summed E-state index contributed by atoms with van der Waals surface area (Å²) in [6.07, 6.45) is -3.25. The standard InChI is InChI=1S/C25H29F3N4O4.C23H29FN4O3/c1-3-30-9-11-31(12-10-30)25(35)32(19-5-4-6-20(14-19)36-2)16-18-8-7-17(13-21(18)26)22(33)15-29-24(34)23(27)28;1-3-26-9-11-27(12-10-26)23(30)28(19-5-4-6-20(14-19)31-2)16-18-8-7-17(13-21(18)24)22(29)15-25/h4-8,13-14,23H,3,9-12,15-16H2,1-2H3,(H,29,34);4-8,13-14H,3,9-12,15-16,25H2,1-2H3. The van der Waals surface area contributed by atoms with E-state index < -0.39 is 36.3 Å². The number of methoxy groups -OCH3 is 2. The number of anilines is 2. The number of nitrogens with zero attached hydrogens (tertiary/aromatic N) is 6. The van der Waals surface area contributed by atoms with Gasteiger partial charge in [-0.1, -0.05) is 50.2 Å². The van der Waals surface area contributed by atoms with E-state index >= 15 is 4.39 Å². The lowest BCUT2D eigenvalue weighted by molar-refractivity contribution is -0.131. The van der Waals surface area contributed by atoms with Crippen LogP contribution in [0.25, 0.3) is 0 Å². The van der Waals surface area contributed by atoms with Crippen LogP contribution < -0.4 is 30.3 Å². The Balaban J connectivity index is 0.000000254. The van der Waals surface area contributed by atoms with Crippen LogP contribution in [0.3, 0.4) is 0 Å². The molecule has 19 heteroatoms. The second-order valence-electron chi connectivity index (χ2n) is 15.7. The number of nitrogens with two attached hydrogens (primary N) is 1. The van der Waals surface area contributed by atoms with Gasteiger partial charge in [-0.2, -0.15) is 8.78 Å². The van der Waals surface area contributed by atoms with E-state index in [0.29, 0.717) is 54.6 Å². The van der Waals surface area contributed by atoms with E-state index in [2.05, 4.69) is 23.6 Å². The molecule has 67 heavy (non-hydrogen) atoms. The van der Waals surface area contributed by atoms with Gasteiger partial charge in [0.2, 0.25) is 0 Å². The predicted octanol–water partition coefficient (Wildman–Crippen LogP) is 5.90. The van der Waals surface area contributed by atoms with Crippen molar-refractivity contribution in [2.24, 2.45) is 5.73 Å². The molecule has 360 valence electrons. The molecule has 0 spiro atoms. The number of carbonyl (C=O) groups is 5. The fourth-order valence-electron chi connectivity index (χ4n) is 7.45. The maximum atomic E-state index is 15.0. The van der Waals surface area contributed by atoms with Gasteiger partial charge in [0, 0.05) is 98.1 Å². The minimum atomic E-state index is -3.25. The number of hydrogen-bond acceptors (Lipinski definition) is 10. The van der Waals surface area contributed by atoms with Gasteiger partial charge in [0.15, 0.2) is 11.6 Å². The molecule has 0 radical (unpaired) electrons. The lowest BCUT2D eigenvalue weighted by Crippen LogP contribution is -2.52. The van der Waals surface area contributed by atoms with E-state index in [4.69, 9.17) is 15.2 Å². The zero-order chi connectivity index (χ0) is 48.6. The second kappa shape index (κ2) is 24.8. The van der Waals surface area contributed by atoms with E-state index in [0.717, 1.165) is 45.3 Å². The van der Waals surface area contributed by atoms with Crippen molar-refractivity contribution >= 4 is 40.9 Å². The molecule has 2 saturated heterocycles. The number of hydrogen-bond donors (Lipinski definition) is 2. The van der Waals surface area contributed by atoms with Crippen molar-refractivity contribution in [1.29, 1.82) is 0 Å². The third-order valence-corrected chi connectivity index (χ3v) is 11.6. The van der Waals surface area contributed by atoms with Gasteiger partial charge in [-0.05, 0) is 49.5 Å². The highest BCUT2D eigenvalue weighted by Gasteiger charge is 2.29. The minimum Gasteiger partial charge on any atom is -0.497 e. The number of rotatable bonds is 16. The van der Waals surface area contributed by atoms with Gasteiger partial charge in [-0.3, -0.25) is 24.2 Å². The molecular formula is C48H58F4N8O7. The summed E-state index contributed by atoms with van der Waals surface area (Å²) >= 11 is 0. The highest BCUT2D eigenvalue weighted by molar-refractivity contribution is 6.00. The van der Waals surface area contributed by atoms with Crippen LogP contribution in [0.2, 0.25) is 0 Å². The predicted molar refractivity (Wildman–Crippen MR) is 246 cm³/mol. The van der Waals surface area contributed by atoms with Crippen molar-refractivity contribution in [2.45, 2.75) is 33.4 Å². The van der Waals surface area contributed by atoms with Crippen LogP contribution in [0.15, 0.2) is 84.9 Å². The molecule has 0 atom stereocenters. The first-order valence-electron chi connectivity index (χ1n) is 21.9. The number of likely N-dealkylation sites (N-methyl/N-ethyl adjacent to an activating group) is 2. The fraction of sp³-hybridized carbons (Fsp3) is 0.396. The first-order valence-corrected chi connectivity index (χ1v) is 21.9. The average molecular weight is 935 g/mol. The smallest absolute Gasteiger partial charge is 0.324 e. The van der Waals surface area contributed by atoms with Crippen LogP contribution in [0.5, 0.6) is 11.5 Å². The SMILES string of the molecule is CCN1CCN(C(=O)N(Cc2ccc(C(=O)CN)cc2F)c2cccc(OC)c2)CC1.CCN1CCN(C(=O)N(Cc2ccc(C(=O)CNC(=O)C(F)F)cc2F)c2cccc(OC)c2)CC1. The fourth-order valence-corrected chi connectivity index (χ4v) is 7.45. The van der Waals surface area contributed by atoms with E-state index in [1.54, 1.807) is 81.7 Å². The number of halogens is 4. The zero-order valence-corrected chi connectivity index (χ0v) is 38.2. The Hall–Kier alpha value is -6.57. The number of Topliss-reactive ketones (excluding diaryl/α,β-unsaturated/α-hetero) is 2. The summed E-state index contributed by atoms with van der Waals surface area (Å²) in [7, 11) is 3.07. The highest BCUT2D eigenvalue weighted by Crippen LogP contribution is 2.28. The summed E-state index contributed by atoms with van der Waals surface area (Å²) in [4.78, 5) is 72.9. The summed E-state index contributed by atoms with van der Waals surface area (Å²) < 4.78 is 65.0. The van der Waals surface area contributed by atoms with Gasteiger partial charge < -0.3 is 40.1 Å². The molecule has 2 aliphatic rings. The molecule has 15 nitrogen and oxygen atoms in total. The Bertz CT molecular complexity index is 2340. The third-order valence-electron chi connectivity index (χ3n) is 11.6. The van der Waals surface area contributed by atoms with Gasteiger partial charge in [-0.15, -0.1) is 0 Å². The van der Waals surface area contributed by atoms with Crippen LogP contribution in [-0.2, 0) is 17.9 Å². The van der Waals surface area contributed by atoms with Gasteiger partial charge in [0.05, 0.1) is 40.4 Å². The molecule has 2 fully saturated rings. The number of alkyl halides is 2. The normalized spacial score (nSPS) is 14.2. The van der Waals surface area contributed by atoms with E-state index in [1.165, 1.54) is 36.3 Å². The highest BCUT2D eigenvalue weighted by atomic mass is 19.3.